The molecule has 0 fully saturated rings. The van der Waals surface area contributed by atoms with Crippen LogP contribution in [0.1, 0.15) is 20.8 Å². The molecule has 0 atom stereocenters. The van der Waals surface area contributed by atoms with Crippen LogP contribution < -0.4 is 0 Å². The van der Waals surface area contributed by atoms with Crippen molar-refractivity contribution in [2.75, 3.05) is 14.1 Å². The average molecular weight is 128 g/mol. The van der Waals surface area contributed by atoms with Crippen LogP contribution in [-0.4, -0.2) is 30.9 Å². The van der Waals surface area contributed by atoms with Gasteiger partial charge in [-0.15, -0.1) is 0 Å². The fourth-order valence-electron chi connectivity index (χ4n) is 0.489. The molecule has 0 aromatic heterocycles. The van der Waals surface area contributed by atoms with Crippen molar-refractivity contribution >= 4 is 5.84 Å². The van der Waals surface area contributed by atoms with Gasteiger partial charge in [-0.2, -0.15) is 0 Å². The van der Waals surface area contributed by atoms with Crippen molar-refractivity contribution in [3.8, 4) is 0 Å². The van der Waals surface area contributed by atoms with Gasteiger partial charge >= 0.3 is 0 Å². The quantitative estimate of drug-likeness (QED) is 0.385. The molecule has 0 aliphatic carbocycles. The van der Waals surface area contributed by atoms with Crippen molar-refractivity contribution in [1.29, 1.82) is 0 Å². The molecule has 0 aliphatic heterocycles. The molecule has 0 N–H and O–H groups in total. The Labute approximate surface area is 57.6 Å². The van der Waals surface area contributed by atoms with Crippen LogP contribution in [-0.2, 0) is 0 Å². The summed E-state index contributed by atoms with van der Waals surface area (Å²) in [5.74, 6) is 1.09. The maximum atomic E-state index is 4.32. The van der Waals surface area contributed by atoms with Crippen molar-refractivity contribution in [2.24, 2.45) is 4.99 Å². The lowest BCUT2D eigenvalue weighted by Crippen LogP contribution is -2.19. The first kappa shape index (κ1) is 8.47. The highest BCUT2D eigenvalue weighted by atomic mass is 15.1. The Kier molecular flexibility index (Phi) is 3.28. The maximum Gasteiger partial charge on any atom is 0.0955 e. The summed E-state index contributed by atoms with van der Waals surface area (Å²) in [6.07, 6.45) is 0. The van der Waals surface area contributed by atoms with Gasteiger partial charge < -0.3 is 4.90 Å². The molecule has 54 valence electrons. The first-order valence-corrected chi connectivity index (χ1v) is 3.25. The standard InChI is InChI=1S/C7H16N2/c1-6(2)8-7(3)9(4)5/h6H,1-5H3/b8-7+. The number of hydrogen-bond donors (Lipinski definition) is 0. The van der Waals surface area contributed by atoms with Crippen molar-refractivity contribution in [3.63, 3.8) is 0 Å². The molecule has 0 radical (unpaired) electrons. The molecule has 0 bridgehead atoms. The predicted molar refractivity (Wildman–Crippen MR) is 41.9 cm³/mol. The van der Waals surface area contributed by atoms with E-state index in [1.807, 2.05) is 25.9 Å². The summed E-state index contributed by atoms with van der Waals surface area (Å²) in [4.78, 5) is 6.33. The molecule has 2 heteroatoms. The topological polar surface area (TPSA) is 15.6 Å². The number of rotatable bonds is 1. The Morgan fingerprint density at radius 2 is 1.78 bits per heavy atom. The molecule has 0 heterocycles. The normalized spacial score (nSPS) is 12.4. The van der Waals surface area contributed by atoms with E-state index in [1.165, 1.54) is 0 Å². The first-order valence-electron chi connectivity index (χ1n) is 3.25. The number of aliphatic imine (C=N–C) groups is 1. The van der Waals surface area contributed by atoms with E-state index in [-0.39, 0.29) is 0 Å². The van der Waals surface area contributed by atoms with Crippen molar-refractivity contribution in [1.82, 2.24) is 4.90 Å². The summed E-state index contributed by atoms with van der Waals surface area (Å²) in [5, 5.41) is 0. The molecular weight excluding hydrogens is 112 g/mol. The average Bonchev–Trinajstić information content (AvgIpc) is 1.63. The van der Waals surface area contributed by atoms with E-state index in [4.69, 9.17) is 0 Å². The monoisotopic (exact) mass is 128 g/mol. The third kappa shape index (κ3) is 4.01. The number of amidine groups is 1. The van der Waals surface area contributed by atoms with Crippen LogP contribution in [0.25, 0.3) is 0 Å². The van der Waals surface area contributed by atoms with Gasteiger partial charge in [0.05, 0.1) is 5.84 Å². The van der Waals surface area contributed by atoms with Gasteiger partial charge in [-0.25, -0.2) is 0 Å². The Balaban J connectivity index is 3.84. The molecule has 2 nitrogen and oxygen atoms in total. The van der Waals surface area contributed by atoms with Crippen LogP contribution in [0.2, 0.25) is 0 Å². The highest BCUT2D eigenvalue weighted by Crippen LogP contribution is 1.89. The second-order valence-corrected chi connectivity index (χ2v) is 2.66. The molecule has 0 aliphatic rings. The van der Waals surface area contributed by atoms with Crippen LogP contribution in [0, 0.1) is 0 Å². The van der Waals surface area contributed by atoms with E-state index in [0.29, 0.717) is 6.04 Å². The van der Waals surface area contributed by atoms with Gasteiger partial charge in [0.1, 0.15) is 0 Å². The van der Waals surface area contributed by atoms with Crippen LogP contribution in [0.4, 0.5) is 0 Å². The lowest BCUT2D eigenvalue weighted by atomic mass is 10.4. The summed E-state index contributed by atoms with van der Waals surface area (Å²) in [5.41, 5.74) is 0. The lowest BCUT2D eigenvalue weighted by molar-refractivity contribution is 0.606. The maximum absolute atomic E-state index is 4.32. The van der Waals surface area contributed by atoms with E-state index < -0.39 is 0 Å². The summed E-state index contributed by atoms with van der Waals surface area (Å²) in [6, 6.07) is 0.410. The van der Waals surface area contributed by atoms with Crippen LogP contribution in [0.15, 0.2) is 4.99 Å². The molecule has 0 aromatic carbocycles. The highest BCUT2D eigenvalue weighted by Gasteiger charge is 1.92. The summed E-state index contributed by atoms with van der Waals surface area (Å²) < 4.78 is 0. The first-order chi connectivity index (χ1) is 4.04. The summed E-state index contributed by atoms with van der Waals surface area (Å²) >= 11 is 0. The minimum Gasteiger partial charge on any atom is -0.367 e. The van der Waals surface area contributed by atoms with Gasteiger partial charge in [0.25, 0.3) is 0 Å². The Morgan fingerprint density at radius 3 is 1.89 bits per heavy atom. The lowest BCUT2D eigenvalue weighted by Gasteiger charge is -2.11. The second kappa shape index (κ2) is 3.49. The summed E-state index contributed by atoms with van der Waals surface area (Å²) in [6.45, 7) is 6.17. The summed E-state index contributed by atoms with van der Waals surface area (Å²) in [7, 11) is 4.00. The zero-order valence-electron chi connectivity index (χ0n) is 6.97. The van der Waals surface area contributed by atoms with E-state index in [0.717, 1.165) is 5.84 Å². The minimum absolute atomic E-state index is 0.410. The molecule has 0 saturated heterocycles. The smallest absolute Gasteiger partial charge is 0.0955 e. The fraction of sp³-hybridized carbons (Fsp3) is 0.857. The van der Waals surface area contributed by atoms with Gasteiger partial charge in [0.15, 0.2) is 0 Å². The van der Waals surface area contributed by atoms with Crippen LogP contribution in [0.5, 0.6) is 0 Å². The van der Waals surface area contributed by atoms with E-state index >= 15 is 0 Å². The molecule has 0 amide bonds. The molecule has 0 aromatic rings. The molecule has 0 rings (SSSR count). The van der Waals surface area contributed by atoms with Crippen LogP contribution >= 0.6 is 0 Å². The molecular formula is C7H16N2. The minimum atomic E-state index is 0.410. The SMILES string of the molecule is C/C(=N\C(C)C)N(C)C. The van der Waals surface area contributed by atoms with E-state index in [2.05, 4.69) is 18.8 Å². The number of hydrogen-bond acceptors (Lipinski definition) is 1. The van der Waals surface area contributed by atoms with Gasteiger partial charge in [-0.05, 0) is 20.8 Å². The largest absolute Gasteiger partial charge is 0.367 e. The molecule has 0 spiro atoms. The van der Waals surface area contributed by atoms with Gasteiger partial charge in [-0.1, -0.05) is 0 Å². The van der Waals surface area contributed by atoms with E-state index in [1.54, 1.807) is 0 Å². The van der Waals surface area contributed by atoms with Crippen molar-refractivity contribution < 1.29 is 0 Å². The molecule has 0 saturated carbocycles. The highest BCUT2D eigenvalue weighted by molar-refractivity contribution is 5.79. The van der Waals surface area contributed by atoms with Crippen molar-refractivity contribution in [2.45, 2.75) is 26.8 Å². The number of nitrogens with zero attached hydrogens (tertiary/aromatic N) is 2. The fourth-order valence-corrected chi connectivity index (χ4v) is 0.489. The van der Waals surface area contributed by atoms with E-state index in [9.17, 15) is 0 Å². The zero-order chi connectivity index (χ0) is 7.44. The Morgan fingerprint density at radius 1 is 1.33 bits per heavy atom. The van der Waals surface area contributed by atoms with Crippen molar-refractivity contribution in [3.05, 3.63) is 0 Å². The Bertz CT molecular complexity index is 103. The zero-order valence-corrected chi connectivity index (χ0v) is 6.97. The third-order valence-electron chi connectivity index (χ3n) is 1.09. The molecule has 9 heavy (non-hydrogen) atoms. The van der Waals surface area contributed by atoms with Gasteiger partial charge in [0.2, 0.25) is 0 Å². The predicted octanol–water partition coefficient (Wildman–Crippen LogP) is 1.37. The molecule has 0 unspecified atom stereocenters. The second-order valence-electron chi connectivity index (χ2n) is 2.66. The van der Waals surface area contributed by atoms with Gasteiger partial charge in [-0.3, -0.25) is 4.99 Å². The van der Waals surface area contributed by atoms with Gasteiger partial charge in [0, 0.05) is 20.1 Å². The van der Waals surface area contributed by atoms with Crippen LogP contribution in [0.3, 0.4) is 0 Å². The third-order valence-corrected chi connectivity index (χ3v) is 1.09. The Hall–Kier alpha value is -0.530.